The Morgan fingerprint density at radius 3 is 2.88 bits per heavy atom. The molecule has 0 saturated heterocycles. The van der Waals surface area contributed by atoms with E-state index >= 15 is 0 Å². The molecule has 1 aromatic rings. The second-order valence-corrected chi connectivity index (χ2v) is 4.58. The van der Waals surface area contributed by atoms with Crippen LogP contribution in [0.5, 0.6) is 0 Å². The average Bonchev–Trinajstić information content (AvgIpc) is 2.73. The summed E-state index contributed by atoms with van der Waals surface area (Å²) in [5, 5.41) is 12.6. The van der Waals surface area contributed by atoms with Gasteiger partial charge in [-0.15, -0.1) is 0 Å². The maximum atomic E-state index is 11.7. The summed E-state index contributed by atoms with van der Waals surface area (Å²) < 4.78 is 0. The maximum Gasteiger partial charge on any atom is 0.271 e. The van der Waals surface area contributed by atoms with E-state index in [1.807, 2.05) is 0 Å². The second kappa shape index (κ2) is 5.42. The third-order valence-electron chi connectivity index (χ3n) is 3.00. The summed E-state index contributed by atoms with van der Waals surface area (Å²) in [5.74, 6) is -0.132. The molecule has 1 aliphatic carbocycles. The number of halogens is 1. The largest absolute Gasteiger partial charge is 0.393 e. The van der Waals surface area contributed by atoms with Crippen LogP contribution in [0.3, 0.4) is 0 Å². The minimum absolute atomic E-state index is 0.152. The monoisotopic (exact) mass is 255 g/mol. The number of amides is 1. The quantitative estimate of drug-likeness (QED) is 0.846. The predicted molar refractivity (Wildman–Crippen MR) is 62.7 cm³/mol. The zero-order valence-electron chi connectivity index (χ0n) is 9.27. The SMILES string of the molecule is O=C(NCC1CCCC1O)c1cnc(Cl)cn1. The van der Waals surface area contributed by atoms with E-state index in [-0.39, 0.29) is 28.8 Å². The van der Waals surface area contributed by atoms with Crippen molar-refractivity contribution < 1.29 is 9.90 Å². The van der Waals surface area contributed by atoms with Gasteiger partial charge in [0, 0.05) is 12.5 Å². The molecule has 2 rings (SSSR count). The van der Waals surface area contributed by atoms with Crippen molar-refractivity contribution in [2.75, 3.05) is 6.54 Å². The zero-order chi connectivity index (χ0) is 12.3. The molecule has 1 aliphatic rings. The number of nitrogens with one attached hydrogen (secondary N) is 1. The van der Waals surface area contributed by atoms with Crippen molar-refractivity contribution in [3.05, 3.63) is 23.2 Å². The van der Waals surface area contributed by atoms with Crippen LogP contribution < -0.4 is 5.32 Å². The highest BCUT2D eigenvalue weighted by molar-refractivity contribution is 6.29. The molecule has 1 heterocycles. The van der Waals surface area contributed by atoms with E-state index in [9.17, 15) is 9.90 Å². The molecular formula is C11H14ClN3O2. The highest BCUT2D eigenvalue weighted by atomic mass is 35.5. The zero-order valence-corrected chi connectivity index (χ0v) is 10.0. The molecule has 0 spiro atoms. The molecule has 1 aromatic heterocycles. The Hall–Kier alpha value is -1.20. The van der Waals surface area contributed by atoms with Gasteiger partial charge in [-0.2, -0.15) is 0 Å². The molecule has 2 N–H and O–H groups in total. The fourth-order valence-corrected chi connectivity index (χ4v) is 2.10. The maximum absolute atomic E-state index is 11.7. The molecule has 1 amide bonds. The van der Waals surface area contributed by atoms with E-state index in [1.165, 1.54) is 12.4 Å². The fourth-order valence-electron chi connectivity index (χ4n) is 2.00. The number of aliphatic hydroxyl groups excluding tert-OH is 1. The topological polar surface area (TPSA) is 75.1 Å². The van der Waals surface area contributed by atoms with Gasteiger partial charge in [-0.05, 0) is 12.8 Å². The third-order valence-corrected chi connectivity index (χ3v) is 3.19. The van der Waals surface area contributed by atoms with E-state index in [0.717, 1.165) is 19.3 Å². The summed E-state index contributed by atoms with van der Waals surface area (Å²) in [4.78, 5) is 19.3. The molecule has 0 bridgehead atoms. The van der Waals surface area contributed by atoms with Crippen LogP contribution in [0, 0.1) is 5.92 Å². The standard InChI is InChI=1S/C11H14ClN3O2/c12-10-6-13-8(5-14-10)11(17)15-4-7-2-1-3-9(7)16/h5-7,9,16H,1-4H2,(H,15,17). The number of nitrogens with zero attached hydrogens (tertiary/aromatic N) is 2. The van der Waals surface area contributed by atoms with Crippen LogP contribution in [0.25, 0.3) is 0 Å². The van der Waals surface area contributed by atoms with Gasteiger partial charge in [0.25, 0.3) is 5.91 Å². The Labute approximate surface area is 104 Å². The van der Waals surface area contributed by atoms with Gasteiger partial charge in [-0.25, -0.2) is 9.97 Å². The number of hydrogen-bond donors (Lipinski definition) is 2. The van der Waals surface area contributed by atoms with Crippen molar-refractivity contribution in [2.24, 2.45) is 5.92 Å². The van der Waals surface area contributed by atoms with Crippen molar-refractivity contribution in [3.63, 3.8) is 0 Å². The lowest BCUT2D eigenvalue weighted by atomic mass is 10.1. The van der Waals surface area contributed by atoms with Crippen molar-refractivity contribution in [2.45, 2.75) is 25.4 Å². The van der Waals surface area contributed by atoms with E-state index < -0.39 is 0 Å². The van der Waals surface area contributed by atoms with Gasteiger partial charge >= 0.3 is 0 Å². The van der Waals surface area contributed by atoms with Crippen LogP contribution in [-0.2, 0) is 0 Å². The molecule has 0 aromatic carbocycles. The molecule has 92 valence electrons. The average molecular weight is 256 g/mol. The summed E-state index contributed by atoms with van der Waals surface area (Å²) in [7, 11) is 0. The first-order chi connectivity index (χ1) is 8.16. The van der Waals surface area contributed by atoms with Crippen LogP contribution in [0.2, 0.25) is 5.15 Å². The molecule has 2 atom stereocenters. The first-order valence-electron chi connectivity index (χ1n) is 5.60. The van der Waals surface area contributed by atoms with Gasteiger partial charge in [0.15, 0.2) is 0 Å². The number of hydrogen-bond acceptors (Lipinski definition) is 4. The summed E-state index contributed by atoms with van der Waals surface area (Å²) in [6.07, 6.45) is 5.16. The molecule has 6 heteroatoms. The summed E-state index contributed by atoms with van der Waals surface area (Å²) in [6, 6.07) is 0. The van der Waals surface area contributed by atoms with Crippen LogP contribution in [-0.4, -0.2) is 33.6 Å². The second-order valence-electron chi connectivity index (χ2n) is 4.19. The normalized spacial score (nSPS) is 23.6. The first kappa shape index (κ1) is 12.3. The smallest absolute Gasteiger partial charge is 0.271 e. The molecule has 5 nitrogen and oxygen atoms in total. The van der Waals surface area contributed by atoms with Gasteiger partial charge in [-0.3, -0.25) is 4.79 Å². The van der Waals surface area contributed by atoms with Crippen LogP contribution in [0.15, 0.2) is 12.4 Å². The molecule has 17 heavy (non-hydrogen) atoms. The molecule has 1 saturated carbocycles. The molecular weight excluding hydrogens is 242 g/mol. The van der Waals surface area contributed by atoms with E-state index in [4.69, 9.17) is 11.6 Å². The summed E-state index contributed by atoms with van der Waals surface area (Å²) in [6.45, 7) is 0.476. The van der Waals surface area contributed by atoms with E-state index in [1.54, 1.807) is 0 Å². The minimum atomic E-state index is -0.299. The Balaban J connectivity index is 1.87. The number of aromatic nitrogens is 2. The lowest BCUT2D eigenvalue weighted by molar-refractivity contribution is 0.0911. The Kier molecular flexibility index (Phi) is 3.91. The number of carbonyl (C=O) groups excluding carboxylic acids is 1. The fraction of sp³-hybridized carbons (Fsp3) is 0.545. The predicted octanol–water partition coefficient (Wildman–Crippen LogP) is 1.02. The number of rotatable bonds is 3. The van der Waals surface area contributed by atoms with Crippen LogP contribution >= 0.6 is 11.6 Å². The highest BCUT2D eigenvalue weighted by Gasteiger charge is 2.25. The Bertz CT molecular complexity index is 396. The van der Waals surface area contributed by atoms with E-state index in [2.05, 4.69) is 15.3 Å². The van der Waals surface area contributed by atoms with E-state index in [0.29, 0.717) is 6.54 Å². The van der Waals surface area contributed by atoms with Gasteiger partial charge in [0.05, 0.1) is 18.5 Å². The summed E-state index contributed by atoms with van der Waals surface area (Å²) in [5.41, 5.74) is 0.238. The molecule has 2 unspecified atom stereocenters. The summed E-state index contributed by atoms with van der Waals surface area (Å²) >= 11 is 5.58. The molecule has 0 aliphatic heterocycles. The van der Waals surface area contributed by atoms with Crippen LogP contribution in [0.1, 0.15) is 29.8 Å². The third kappa shape index (κ3) is 3.14. The van der Waals surface area contributed by atoms with Crippen molar-refractivity contribution in [1.29, 1.82) is 0 Å². The van der Waals surface area contributed by atoms with Gasteiger partial charge in [0.2, 0.25) is 0 Å². The lowest BCUT2D eigenvalue weighted by Crippen LogP contribution is -2.32. The Morgan fingerprint density at radius 1 is 1.47 bits per heavy atom. The molecule has 0 radical (unpaired) electrons. The minimum Gasteiger partial charge on any atom is -0.393 e. The Morgan fingerprint density at radius 2 is 2.29 bits per heavy atom. The highest BCUT2D eigenvalue weighted by Crippen LogP contribution is 2.24. The lowest BCUT2D eigenvalue weighted by Gasteiger charge is -2.14. The van der Waals surface area contributed by atoms with Crippen LogP contribution in [0.4, 0.5) is 0 Å². The number of carbonyl (C=O) groups is 1. The van der Waals surface area contributed by atoms with Crippen molar-refractivity contribution >= 4 is 17.5 Å². The van der Waals surface area contributed by atoms with Gasteiger partial charge in [0.1, 0.15) is 10.8 Å². The van der Waals surface area contributed by atoms with Gasteiger partial charge in [-0.1, -0.05) is 18.0 Å². The van der Waals surface area contributed by atoms with Gasteiger partial charge < -0.3 is 10.4 Å². The number of aliphatic hydroxyl groups is 1. The first-order valence-corrected chi connectivity index (χ1v) is 5.98. The molecule has 1 fully saturated rings. The van der Waals surface area contributed by atoms with Crippen molar-refractivity contribution in [1.82, 2.24) is 15.3 Å². The van der Waals surface area contributed by atoms with Crippen molar-refractivity contribution in [3.8, 4) is 0 Å².